The molecule has 2 heterocycles. The first-order valence-corrected chi connectivity index (χ1v) is 6.89. The van der Waals surface area contributed by atoms with Gasteiger partial charge in [0.1, 0.15) is 5.03 Å². The molecule has 0 saturated heterocycles. The third-order valence-corrected chi connectivity index (χ3v) is 3.89. The zero-order valence-corrected chi connectivity index (χ0v) is 11.9. The first-order valence-electron chi connectivity index (χ1n) is 5.70. The lowest BCUT2D eigenvalue weighted by atomic mass is 10.2. The van der Waals surface area contributed by atoms with Crippen molar-refractivity contribution in [2.75, 3.05) is 0 Å². The van der Waals surface area contributed by atoms with Crippen LogP contribution in [0.4, 0.5) is 0 Å². The molecule has 1 aromatic carbocycles. The van der Waals surface area contributed by atoms with Gasteiger partial charge in [-0.15, -0.1) is 0 Å². The van der Waals surface area contributed by atoms with Gasteiger partial charge in [0.2, 0.25) is 0 Å². The van der Waals surface area contributed by atoms with Gasteiger partial charge in [0, 0.05) is 4.90 Å². The number of rotatable bonds is 3. The Bertz CT molecular complexity index is 905. The van der Waals surface area contributed by atoms with Crippen LogP contribution in [-0.4, -0.2) is 30.9 Å². The van der Waals surface area contributed by atoms with Gasteiger partial charge >= 0.3 is 11.7 Å². The van der Waals surface area contributed by atoms with E-state index in [2.05, 4.69) is 15.3 Å². The van der Waals surface area contributed by atoms with E-state index in [0.29, 0.717) is 15.6 Å². The van der Waals surface area contributed by atoms with Crippen molar-refractivity contribution >= 4 is 35.0 Å². The highest BCUT2D eigenvalue weighted by molar-refractivity contribution is 7.99. The summed E-state index contributed by atoms with van der Waals surface area (Å²) in [4.78, 5) is 23.1. The predicted octanol–water partition coefficient (Wildman–Crippen LogP) is 1.92. The van der Waals surface area contributed by atoms with Crippen LogP contribution in [0, 0.1) is 0 Å². The molecule has 0 fully saturated rings. The monoisotopic (exact) mass is 322 g/mol. The third-order valence-electron chi connectivity index (χ3n) is 2.64. The van der Waals surface area contributed by atoms with Gasteiger partial charge in [-0.25, -0.2) is 14.7 Å². The van der Waals surface area contributed by atoms with Crippen LogP contribution in [0.25, 0.3) is 5.65 Å². The number of carbonyl (C=O) groups is 1. The van der Waals surface area contributed by atoms with Crippen LogP contribution in [0.5, 0.6) is 0 Å². The molecule has 9 heteroatoms. The molecule has 0 spiro atoms. The normalized spacial score (nSPS) is 10.9. The predicted molar refractivity (Wildman–Crippen MR) is 76.1 cm³/mol. The number of carboxylic acid groups (broad SMARTS) is 1. The average Bonchev–Trinajstić information content (AvgIpc) is 2.82. The average molecular weight is 323 g/mol. The maximum atomic E-state index is 11.4. The Labute approximate surface area is 126 Å². The van der Waals surface area contributed by atoms with E-state index in [4.69, 9.17) is 16.7 Å². The molecular formula is C12H7ClN4O3S. The number of aromatic carboxylic acids is 1. The largest absolute Gasteiger partial charge is 0.478 e. The zero-order chi connectivity index (χ0) is 15.0. The number of H-pyrrole nitrogens is 1. The summed E-state index contributed by atoms with van der Waals surface area (Å²) < 4.78 is 1.14. The number of benzene rings is 1. The first kappa shape index (κ1) is 13.7. The van der Waals surface area contributed by atoms with Crippen molar-refractivity contribution in [1.29, 1.82) is 0 Å². The SMILES string of the molecule is O=C(O)c1cc(Sc2ccc3n[nH]c(=O)n3n2)ccc1Cl. The molecule has 106 valence electrons. The number of carboxylic acids is 1. The molecule has 0 amide bonds. The highest BCUT2D eigenvalue weighted by atomic mass is 35.5. The number of fused-ring (bicyclic) bond motifs is 1. The molecule has 0 aliphatic rings. The summed E-state index contributed by atoms with van der Waals surface area (Å²) in [5.74, 6) is -1.10. The Morgan fingerprint density at radius 3 is 2.90 bits per heavy atom. The highest BCUT2D eigenvalue weighted by Gasteiger charge is 2.11. The van der Waals surface area contributed by atoms with Gasteiger partial charge in [0.15, 0.2) is 5.65 Å². The fraction of sp³-hybridized carbons (Fsp3) is 0. The fourth-order valence-corrected chi connectivity index (χ4v) is 2.70. The van der Waals surface area contributed by atoms with Crippen LogP contribution in [0.1, 0.15) is 10.4 Å². The van der Waals surface area contributed by atoms with Gasteiger partial charge in [0.05, 0.1) is 10.6 Å². The van der Waals surface area contributed by atoms with E-state index in [1.807, 2.05) is 0 Å². The first-order chi connectivity index (χ1) is 10.0. The van der Waals surface area contributed by atoms with Crippen molar-refractivity contribution in [1.82, 2.24) is 19.8 Å². The van der Waals surface area contributed by atoms with Crippen molar-refractivity contribution in [2.24, 2.45) is 0 Å². The second kappa shape index (κ2) is 5.23. The van der Waals surface area contributed by atoms with Crippen LogP contribution in [0.3, 0.4) is 0 Å². The van der Waals surface area contributed by atoms with Crippen LogP contribution >= 0.6 is 23.4 Å². The Balaban J connectivity index is 1.98. The molecule has 0 bridgehead atoms. The Hall–Kier alpha value is -2.32. The van der Waals surface area contributed by atoms with E-state index >= 15 is 0 Å². The van der Waals surface area contributed by atoms with Gasteiger partial charge in [-0.3, -0.25) is 0 Å². The lowest BCUT2D eigenvalue weighted by molar-refractivity contribution is 0.0697. The minimum absolute atomic E-state index is 0.0169. The van der Waals surface area contributed by atoms with Crippen molar-refractivity contribution in [2.45, 2.75) is 9.92 Å². The van der Waals surface area contributed by atoms with Gasteiger partial charge in [-0.1, -0.05) is 23.4 Å². The summed E-state index contributed by atoms with van der Waals surface area (Å²) >= 11 is 7.04. The quantitative estimate of drug-likeness (QED) is 0.764. The molecule has 0 radical (unpaired) electrons. The van der Waals surface area contributed by atoms with E-state index in [1.54, 1.807) is 18.2 Å². The van der Waals surface area contributed by atoms with E-state index < -0.39 is 11.7 Å². The van der Waals surface area contributed by atoms with Gasteiger partial charge < -0.3 is 5.11 Å². The Kier molecular flexibility index (Phi) is 3.40. The summed E-state index contributed by atoms with van der Waals surface area (Å²) in [6.45, 7) is 0. The van der Waals surface area contributed by atoms with Crippen LogP contribution in [-0.2, 0) is 0 Å². The second-order valence-corrected chi connectivity index (χ2v) is 5.52. The van der Waals surface area contributed by atoms with Gasteiger partial charge in [0.25, 0.3) is 0 Å². The number of hydrogen-bond acceptors (Lipinski definition) is 5. The third kappa shape index (κ3) is 2.63. The maximum Gasteiger partial charge on any atom is 0.364 e. The minimum Gasteiger partial charge on any atom is -0.478 e. The van der Waals surface area contributed by atoms with Crippen molar-refractivity contribution in [3.05, 3.63) is 51.4 Å². The molecule has 0 aliphatic carbocycles. The molecule has 0 unspecified atom stereocenters. The number of aromatic amines is 1. The summed E-state index contributed by atoms with van der Waals surface area (Å²) in [7, 11) is 0. The van der Waals surface area contributed by atoms with E-state index in [9.17, 15) is 9.59 Å². The van der Waals surface area contributed by atoms with E-state index in [1.165, 1.54) is 23.9 Å². The summed E-state index contributed by atoms with van der Waals surface area (Å²) in [6, 6.07) is 7.98. The van der Waals surface area contributed by atoms with Crippen LogP contribution in [0.15, 0.2) is 45.0 Å². The van der Waals surface area contributed by atoms with E-state index in [-0.39, 0.29) is 10.6 Å². The summed E-state index contributed by atoms with van der Waals surface area (Å²) in [5, 5.41) is 19.9. The van der Waals surface area contributed by atoms with Crippen LogP contribution < -0.4 is 5.69 Å². The molecule has 0 aliphatic heterocycles. The standard InChI is InChI=1S/C12H7ClN4O3S/c13-8-2-1-6(5-7(8)11(18)19)21-10-4-3-9-14-15-12(20)17(9)16-10/h1-5H,(H,15,20)(H,18,19). The summed E-state index contributed by atoms with van der Waals surface area (Å²) in [6.07, 6.45) is 0. The number of halogens is 1. The molecule has 2 aromatic heterocycles. The van der Waals surface area contributed by atoms with Crippen LogP contribution in [0.2, 0.25) is 5.02 Å². The van der Waals surface area contributed by atoms with Crippen molar-refractivity contribution in [3.8, 4) is 0 Å². The molecular weight excluding hydrogens is 316 g/mol. The summed E-state index contributed by atoms with van der Waals surface area (Å²) in [5.41, 5.74) is -0.00955. The fourth-order valence-electron chi connectivity index (χ4n) is 1.69. The van der Waals surface area contributed by atoms with Crippen molar-refractivity contribution in [3.63, 3.8) is 0 Å². The lowest BCUT2D eigenvalue weighted by Gasteiger charge is -2.04. The Morgan fingerprint density at radius 2 is 2.14 bits per heavy atom. The molecule has 3 aromatic rings. The number of hydrogen-bond donors (Lipinski definition) is 2. The highest BCUT2D eigenvalue weighted by Crippen LogP contribution is 2.29. The molecule has 3 rings (SSSR count). The van der Waals surface area contributed by atoms with Gasteiger partial charge in [-0.2, -0.15) is 14.7 Å². The lowest BCUT2D eigenvalue weighted by Crippen LogP contribution is -2.12. The Morgan fingerprint density at radius 1 is 1.33 bits per heavy atom. The van der Waals surface area contributed by atoms with E-state index in [0.717, 1.165) is 4.52 Å². The number of nitrogens with one attached hydrogen (secondary N) is 1. The van der Waals surface area contributed by atoms with Gasteiger partial charge in [-0.05, 0) is 30.3 Å². The maximum absolute atomic E-state index is 11.4. The smallest absolute Gasteiger partial charge is 0.364 e. The molecule has 0 saturated carbocycles. The number of aromatic nitrogens is 4. The molecule has 2 N–H and O–H groups in total. The molecule has 21 heavy (non-hydrogen) atoms. The topological polar surface area (TPSA) is 100 Å². The minimum atomic E-state index is -1.10. The van der Waals surface area contributed by atoms with Crippen molar-refractivity contribution < 1.29 is 9.90 Å². The zero-order valence-electron chi connectivity index (χ0n) is 10.3. The molecule has 0 atom stereocenters. The number of nitrogens with zero attached hydrogens (tertiary/aromatic N) is 3. The second-order valence-electron chi connectivity index (χ2n) is 4.02. The molecule has 7 nitrogen and oxygen atoms in total.